The molecule has 1 aliphatic heterocycles. The second-order valence-corrected chi connectivity index (χ2v) is 8.03. The number of carbonyl (C=O) groups excluding carboxylic acids is 2. The minimum atomic E-state index is -0.439. The summed E-state index contributed by atoms with van der Waals surface area (Å²) < 4.78 is 30.3. The molecule has 0 atom stereocenters. The first-order valence-electron chi connectivity index (χ1n) is 11.4. The van der Waals surface area contributed by atoms with E-state index in [1.165, 1.54) is 6.07 Å². The third-order valence-electron chi connectivity index (χ3n) is 5.50. The van der Waals surface area contributed by atoms with Crippen LogP contribution in [0, 0.1) is 5.82 Å². The number of nitrogens with zero attached hydrogens (tertiary/aromatic N) is 1. The highest BCUT2D eigenvalue weighted by Gasteiger charge is 2.21. The Kier molecular flexibility index (Phi) is 7.95. The van der Waals surface area contributed by atoms with Crippen LogP contribution in [-0.2, 0) is 29.2 Å². The maximum atomic E-state index is 13.8. The molecular weight excluding hydrogens is 451 g/mol. The number of amides is 2. The molecule has 35 heavy (non-hydrogen) atoms. The Morgan fingerprint density at radius 1 is 1.06 bits per heavy atom. The Labute approximate surface area is 203 Å². The largest absolute Gasteiger partial charge is 0.491 e. The first-order valence-corrected chi connectivity index (χ1v) is 11.4. The van der Waals surface area contributed by atoms with Crippen molar-refractivity contribution >= 4 is 17.7 Å². The molecule has 0 aromatic heterocycles. The van der Waals surface area contributed by atoms with Crippen LogP contribution >= 0.6 is 0 Å². The van der Waals surface area contributed by atoms with Gasteiger partial charge in [0.15, 0.2) is 0 Å². The van der Waals surface area contributed by atoms with Gasteiger partial charge in [0, 0.05) is 16.8 Å². The van der Waals surface area contributed by atoms with E-state index in [4.69, 9.17) is 14.2 Å². The van der Waals surface area contributed by atoms with Crippen molar-refractivity contribution in [1.82, 2.24) is 4.90 Å². The minimum Gasteiger partial charge on any atom is -0.491 e. The molecule has 7 nitrogen and oxygen atoms in total. The van der Waals surface area contributed by atoms with Crippen molar-refractivity contribution in [2.24, 2.45) is 0 Å². The molecule has 1 aliphatic rings. The number of benzene rings is 3. The number of halogens is 1. The summed E-state index contributed by atoms with van der Waals surface area (Å²) in [4.78, 5) is 26.6. The quantitative estimate of drug-likeness (QED) is 0.476. The molecule has 2 amide bonds. The lowest BCUT2D eigenvalue weighted by molar-refractivity contribution is 0.0526. The molecule has 0 spiro atoms. The molecule has 0 fully saturated rings. The lowest BCUT2D eigenvalue weighted by Gasteiger charge is -2.21. The Balaban J connectivity index is 1.39. The monoisotopic (exact) mass is 478 g/mol. The van der Waals surface area contributed by atoms with E-state index in [2.05, 4.69) is 5.32 Å². The second-order valence-electron chi connectivity index (χ2n) is 8.03. The summed E-state index contributed by atoms with van der Waals surface area (Å²) in [7, 11) is 0. The van der Waals surface area contributed by atoms with Crippen molar-refractivity contribution in [2.45, 2.75) is 26.7 Å². The SMILES string of the molecule is CCOC(=O)c1cccc(NC(=O)N2CCOc3ccc(COCc4ccccc4F)cc3C2)c1. The molecular formula is C27H27FN2O5. The van der Waals surface area contributed by atoms with Crippen molar-refractivity contribution in [2.75, 3.05) is 25.1 Å². The van der Waals surface area contributed by atoms with Gasteiger partial charge in [-0.05, 0) is 48.9 Å². The van der Waals surface area contributed by atoms with Crippen LogP contribution in [0.25, 0.3) is 0 Å². The third-order valence-corrected chi connectivity index (χ3v) is 5.50. The van der Waals surface area contributed by atoms with E-state index < -0.39 is 5.97 Å². The van der Waals surface area contributed by atoms with Gasteiger partial charge in [-0.15, -0.1) is 0 Å². The molecule has 0 saturated carbocycles. The van der Waals surface area contributed by atoms with E-state index in [0.717, 1.165) is 11.1 Å². The molecule has 0 radical (unpaired) electrons. The van der Waals surface area contributed by atoms with E-state index in [9.17, 15) is 14.0 Å². The van der Waals surface area contributed by atoms with E-state index in [1.54, 1.807) is 54.3 Å². The van der Waals surface area contributed by atoms with Crippen LogP contribution in [0.3, 0.4) is 0 Å². The summed E-state index contributed by atoms with van der Waals surface area (Å²) in [5, 5.41) is 2.84. The number of rotatable bonds is 7. The van der Waals surface area contributed by atoms with Gasteiger partial charge >= 0.3 is 12.0 Å². The van der Waals surface area contributed by atoms with Crippen LogP contribution < -0.4 is 10.1 Å². The van der Waals surface area contributed by atoms with Gasteiger partial charge in [0.25, 0.3) is 0 Å². The van der Waals surface area contributed by atoms with Gasteiger partial charge in [0.2, 0.25) is 0 Å². The molecule has 3 aromatic rings. The van der Waals surface area contributed by atoms with E-state index in [1.807, 2.05) is 18.2 Å². The molecule has 8 heteroatoms. The summed E-state index contributed by atoms with van der Waals surface area (Å²) in [5.41, 5.74) is 3.12. The molecule has 3 aromatic carbocycles. The molecule has 1 N–H and O–H groups in total. The standard InChI is InChI=1S/C27H27FN2O5/c1-2-34-26(31)20-7-5-8-23(15-20)29-27(32)30-12-13-35-25-11-10-19(14-22(25)16-30)17-33-18-21-6-3-4-9-24(21)28/h3-11,14-15H,2,12-13,16-18H2,1H3,(H,29,32). The highest BCUT2D eigenvalue weighted by Crippen LogP contribution is 2.25. The van der Waals surface area contributed by atoms with Crippen molar-refractivity contribution in [3.63, 3.8) is 0 Å². The van der Waals surface area contributed by atoms with Gasteiger partial charge in [-0.2, -0.15) is 0 Å². The van der Waals surface area contributed by atoms with Crippen LogP contribution in [0.15, 0.2) is 66.7 Å². The van der Waals surface area contributed by atoms with Crippen molar-refractivity contribution < 1.29 is 28.2 Å². The fraction of sp³-hybridized carbons (Fsp3) is 0.259. The Morgan fingerprint density at radius 3 is 2.74 bits per heavy atom. The summed E-state index contributed by atoms with van der Waals surface area (Å²) in [6.45, 7) is 3.58. The number of esters is 1. The average Bonchev–Trinajstić information content (AvgIpc) is 3.08. The highest BCUT2D eigenvalue weighted by atomic mass is 19.1. The smallest absolute Gasteiger partial charge is 0.338 e. The third kappa shape index (κ3) is 6.36. The predicted octanol–water partition coefficient (Wildman–Crippen LogP) is 5.15. The predicted molar refractivity (Wildman–Crippen MR) is 129 cm³/mol. The van der Waals surface area contributed by atoms with Crippen LogP contribution in [0.5, 0.6) is 5.75 Å². The number of carbonyl (C=O) groups is 2. The minimum absolute atomic E-state index is 0.166. The highest BCUT2D eigenvalue weighted by molar-refractivity contribution is 5.94. The van der Waals surface area contributed by atoms with Crippen LogP contribution in [-0.4, -0.2) is 36.7 Å². The maximum Gasteiger partial charge on any atom is 0.338 e. The number of nitrogens with one attached hydrogen (secondary N) is 1. The van der Waals surface area contributed by atoms with Crippen LogP contribution in [0.4, 0.5) is 14.9 Å². The van der Waals surface area contributed by atoms with Crippen molar-refractivity contribution in [1.29, 1.82) is 0 Å². The van der Waals surface area contributed by atoms with Gasteiger partial charge in [-0.25, -0.2) is 14.0 Å². The second kappa shape index (κ2) is 11.5. The van der Waals surface area contributed by atoms with Gasteiger partial charge in [0.05, 0.1) is 38.5 Å². The van der Waals surface area contributed by atoms with Crippen LogP contribution in [0.2, 0.25) is 0 Å². The summed E-state index contributed by atoms with van der Waals surface area (Å²) in [6.07, 6.45) is 0. The topological polar surface area (TPSA) is 77.1 Å². The van der Waals surface area contributed by atoms with Crippen molar-refractivity contribution in [3.05, 3.63) is 94.8 Å². The van der Waals surface area contributed by atoms with Gasteiger partial charge < -0.3 is 24.4 Å². The zero-order chi connectivity index (χ0) is 24.6. The Hall–Kier alpha value is -3.91. The van der Waals surface area contributed by atoms with E-state index in [-0.39, 0.29) is 25.1 Å². The number of anilines is 1. The van der Waals surface area contributed by atoms with Crippen molar-refractivity contribution in [3.8, 4) is 5.75 Å². The number of ether oxygens (including phenoxy) is 3. The number of hydrogen-bond acceptors (Lipinski definition) is 5. The average molecular weight is 479 g/mol. The molecule has 0 aliphatic carbocycles. The molecule has 0 unspecified atom stereocenters. The molecule has 0 bridgehead atoms. The van der Waals surface area contributed by atoms with Gasteiger partial charge in [0.1, 0.15) is 18.2 Å². The summed E-state index contributed by atoms with van der Waals surface area (Å²) in [5.74, 6) is -0.0230. The van der Waals surface area contributed by atoms with Gasteiger partial charge in [-0.1, -0.05) is 30.3 Å². The van der Waals surface area contributed by atoms with Gasteiger partial charge in [-0.3, -0.25) is 0 Å². The Bertz CT molecular complexity index is 1200. The zero-order valence-electron chi connectivity index (χ0n) is 19.5. The number of fused-ring (bicyclic) bond motifs is 1. The first-order chi connectivity index (χ1) is 17.0. The zero-order valence-corrected chi connectivity index (χ0v) is 19.5. The fourth-order valence-electron chi connectivity index (χ4n) is 3.75. The first kappa shape index (κ1) is 24.2. The normalized spacial score (nSPS) is 12.8. The molecule has 4 rings (SSSR count). The molecule has 182 valence electrons. The fourth-order valence-corrected chi connectivity index (χ4v) is 3.75. The van der Waals surface area contributed by atoms with E-state index >= 15 is 0 Å². The van der Waals surface area contributed by atoms with Crippen LogP contribution in [0.1, 0.15) is 34.0 Å². The lowest BCUT2D eigenvalue weighted by Crippen LogP contribution is -2.36. The van der Waals surface area contributed by atoms with E-state index in [0.29, 0.717) is 48.9 Å². The number of hydrogen-bond donors (Lipinski definition) is 1. The molecule has 0 saturated heterocycles. The number of urea groups is 1. The maximum absolute atomic E-state index is 13.8. The lowest BCUT2D eigenvalue weighted by atomic mass is 10.1. The summed E-state index contributed by atoms with van der Waals surface area (Å²) >= 11 is 0. The summed E-state index contributed by atoms with van der Waals surface area (Å²) in [6, 6.07) is 18.5. The Morgan fingerprint density at radius 2 is 1.91 bits per heavy atom. The molecule has 1 heterocycles.